The quantitative estimate of drug-likeness (QED) is 0.198. The Kier molecular flexibility index (Phi) is 11.6. The number of unbranched alkanes of at least 4 members (excludes halogenated alkanes) is 2. The molecule has 1 aromatic heterocycles. The van der Waals surface area contributed by atoms with Crippen LogP contribution in [0, 0.1) is 5.92 Å². The molecule has 2 heterocycles. The van der Waals surface area contributed by atoms with Gasteiger partial charge in [0.05, 0.1) is 10.9 Å². The smallest absolute Gasteiger partial charge is 0.266 e. The Hall–Kier alpha value is -3.53. The molecule has 1 unspecified atom stereocenters. The van der Waals surface area contributed by atoms with Gasteiger partial charge in [0, 0.05) is 5.56 Å². The number of sulfonamides is 1. The zero-order valence-corrected chi connectivity index (χ0v) is 25.5. The van der Waals surface area contributed by atoms with Gasteiger partial charge < -0.3 is 9.73 Å². The fraction of sp³-hybridized carbons (Fsp3) is 0.484. The van der Waals surface area contributed by atoms with Crippen LogP contribution in [0.2, 0.25) is 0 Å². The summed E-state index contributed by atoms with van der Waals surface area (Å²) in [4.78, 5) is 34.8. The SMILES string of the molecule is CCCCCC(C)C.CCC[C@H](NC(=O)C(CC)N=C1NS(=O)(=O)c2ccccc21)C(=O)c1nc2ccccc2o1. The van der Waals surface area contributed by atoms with Crippen molar-refractivity contribution in [2.75, 3.05) is 0 Å². The topological polar surface area (TPSA) is 131 Å². The van der Waals surface area contributed by atoms with Crippen LogP contribution in [-0.4, -0.2) is 43.0 Å². The molecule has 1 aliphatic rings. The molecule has 1 amide bonds. The third-order valence-electron chi connectivity index (χ3n) is 6.74. The molecule has 0 saturated heterocycles. The number of ketones is 1. The highest BCUT2D eigenvalue weighted by molar-refractivity contribution is 7.90. The number of fused-ring (bicyclic) bond motifs is 2. The van der Waals surface area contributed by atoms with E-state index in [-0.39, 0.29) is 16.6 Å². The molecule has 0 saturated carbocycles. The first-order valence-electron chi connectivity index (χ1n) is 14.5. The number of amides is 1. The molecule has 1 aliphatic heterocycles. The Morgan fingerprint density at radius 3 is 2.34 bits per heavy atom. The van der Waals surface area contributed by atoms with Gasteiger partial charge in [-0.15, -0.1) is 0 Å². The van der Waals surface area contributed by atoms with E-state index < -0.39 is 33.8 Å². The predicted molar refractivity (Wildman–Crippen MR) is 162 cm³/mol. The molecule has 0 bridgehead atoms. The number of hydrogen-bond acceptors (Lipinski definition) is 7. The molecule has 2 atom stereocenters. The van der Waals surface area contributed by atoms with Crippen molar-refractivity contribution in [1.82, 2.24) is 15.0 Å². The van der Waals surface area contributed by atoms with Crippen LogP contribution in [0.1, 0.15) is 95.8 Å². The number of rotatable bonds is 12. The maximum absolute atomic E-state index is 13.0. The number of hydrogen-bond donors (Lipinski definition) is 2. The van der Waals surface area contributed by atoms with Crippen LogP contribution < -0.4 is 10.0 Å². The molecular weight excluding hydrogens is 540 g/mol. The minimum absolute atomic E-state index is 0.0632. The largest absolute Gasteiger partial charge is 0.434 e. The van der Waals surface area contributed by atoms with Crippen molar-refractivity contribution in [1.29, 1.82) is 0 Å². The van der Waals surface area contributed by atoms with Crippen molar-refractivity contribution in [3.8, 4) is 0 Å². The summed E-state index contributed by atoms with van der Waals surface area (Å²) in [7, 11) is -3.72. The summed E-state index contributed by atoms with van der Waals surface area (Å²) >= 11 is 0. The molecule has 9 nitrogen and oxygen atoms in total. The first-order valence-corrected chi connectivity index (χ1v) is 16.0. The second-order valence-corrected chi connectivity index (χ2v) is 12.2. The van der Waals surface area contributed by atoms with Crippen LogP contribution in [0.25, 0.3) is 11.1 Å². The minimum Gasteiger partial charge on any atom is -0.434 e. The van der Waals surface area contributed by atoms with Crippen molar-refractivity contribution >= 4 is 38.6 Å². The molecule has 2 aromatic carbocycles. The summed E-state index contributed by atoms with van der Waals surface area (Å²) in [5, 5.41) is 2.76. The van der Waals surface area contributed by atoms with Crippen LogP contribution in [-0.2, 0) is 14.8 Å². The number of aliphatic imine (C=N–C) groups is 1. The molecular formula is C31H42N4O5S. The molecule has 0 fully saturated rings. The van der Waals surface area contributed by atoms with Gasteiger partial charge in [0.2, 0.25) is 11.7 Å². The van der Waals surface area contributed by atoms with Crippen molar-refractivity contribution < 1.29 is 22.4 Å². The number of benzene rings is 2. The maximum Gasteiger partial charge on any atom is 0.266 e. The van der Waals surface area contributed by atoms with Crippen molar-refractivity contribution in [2.24, 2.45) is 10.9 Å². The van der Waals surface area contributed by atoms with Crippen molar-refractivity contribution in [2.45, 2.75) is 96.5 Å². The first kappa shape index (κ1) is 32.0. The number of carbonyl (C=O) groups excluding carboxylic acids is 2. The summed E-state index contributed by atoms with van der Waals surface area (Å²) < 4.78 is 32.6. The van der Waals surface area contributed by atoms with E-state index in [1.165, 1.54) is 31.7 Å². The Morgan fingerprint density at radius 2 is 1.68 bits per heavy atom. The average Bonchev–Trinajstić information content (AvgIpc) is 3.50. The molecule has 3 aromatic rings. The van der Waals surface area contributed by atoms with Crippen LogP contribution in [0.3, 0.4) is 0 Å². The van der Waals surface area contributed by atoms with Gasteiger partial charge >= 0.3 is 0 Å². The van der Waals surface area contributed by atoms with Gasteiger partial charge in [0.15, 0.2) is 5.58 Å². The predicted octanol–water partition coefficient (Wildman–Crippen LogP) is 6.04. The highest BCUT2D eigenvalue weighted by atomic mass is 32.2. The third kappa shape index (κ3) is 8.48. The van der Waals surface area contributed by atoms with E-state index in [0.29, 0.717) is 35.9 Å². The number of nitrogens with zero attached hydrogens (tertiary/aromatic N) is 2. The number of oxazole rings is 1. The van der Waals surface area contributed by atoms with E-state index >= 15 is 0 Å². The Morgan fingerprint density at radius 1 is 0.976 bits per heavy atom. The van der Waals surface area contributed by atoms with E-state index in [2.05, 4.69) is 40.8 Å². The Bertz CT molecular complexity index is 1430. The summed E-state index contributed by atoms with van der Waals surface area (Å²) in [6.07, 6.45) is 6.96. The van der Waals surface area contributed by atoms with Crippen molar-refractivity contribution in [3.05, 3.63) is 60.0 Å². The van der Waals surface area contributed by atoms with Gasteiger partial charge in [-0.05, 0) is 43.0 Å². The van der Waals surface area contributed by atoms with Gasteiger partial charge in [-0.1, -0.05) is 91.0 Å². The number of amidine groups is 1. The second-order valence-electron chi connectivity index (χ2n) is 10.6. The molecule has 222 valence electrons. The molecule has 41 heavy (non-hydrogen) atoms. The lowest BCUT2D eigenvalue weighted by molar-refractivity contribution is -0.122. The monoisotopic (exact) mass is 582 g/mol. The molecule has 0 spiro atoms. The Labute approximate surface area is 243 Å². The minimum atomic E-state index is -3.72. The van der Waals surface area contributed by atoms with Crippen LogP contribution >= 0.6 is 0 Å². The standard InChI is InChI=1S/C23H24N4O5S.C8H18/c1-3-9-17(20(28)23-26-16-11-6-7-12-18(16)32-23)25-22(29)15(4-2)24-21-14-10-5-8-13-19(14)33(30,31)27-21;1-4-5-6-7-8(2)3/h5-8,10-13,15,17H,3-4,9H2,1-2H3,(H,24,27)(H,25,29);8H,4-7H2,1-3H3/t15?,17-;/m0./s1. The zero-order valence-electron chi connectivity index (χ0n) is 24.6. The van der Waals surface area contributed by atoms with Gasteiger partial charge in [0.25, 0.3) is 15.9 Å². The summed E-state index contributed by atoms with van der Waals surface area (Å²) in [6, 6.07) is 11.8. The summed E-state index contributed by atoms with van der Waals surface area (Å²) in [6.45, 7) is 10.5. The molecule has 4 rings (SSSR count). The van der Waals surface area contributed by atoms with Crippen LogP contribution in [0.5, 0.6) is 0 Å². The number of nitrogens with one attached hydrogen (secondary N) is 2. The number of para-hydroxylation sites is 2. The van der Waals surface area contributed by atoms with E-state index in [0.717, 1.165) is 5.92 Å². The number of carbonyl (C=O) groups is 2. The fourth-order valence-corrected chi connectivity index (χ4v) is 5.71. The summed E-state index contributed by atoms with van der Waals surface area (Å²) in [5.74, 6) is 0.0607. The van der Waals surface area contributed by atoms with Crippen molar-refractivity contribution in [3.63, 3.8) is 0 Å². The number of Topliss-reactive ketones (excluding diaryl/α,β-unsaturated/α-hetero) is 1. The lowest BCUT2D eigenvalue weighted by Crippen LogP contribution is -2.45. The lowest BCUT2D eigenvalue weighted by atomic mass is 10.1. The Balaban J connectivity index is 0.000000507. The molecule has 0 radical (unpaired) electrons. The van der Waals surface area contributed by atoms with Gasteiger partial charge in [-0.3, -0.25) is 19.3 Å². The van der Waals surface area contributed by atoms with Crippen LogP contribution in [0.4, 0.5) is 0 Å². The normalized spacial score (nSPS) is 16.0. The van der Waals surface area contributed by atoms with Gasteiger partial charge in [-0.25, -0.2) is 13.4 Å². The van der Waals surface area contributed by atoms with E-state index in [4.69, 9.17) is 4.42 Å². The summed E-state index contributed by atoms with van der Waals surface area (Å²) in [5.41, 5.74) is 1.47. The number of aromatic nitrogens is 1. The first-order chi connectivity index (χ1) is 19.6. The highest BCUT2D eigenvalue weighted by Crippen LogP contribution is 2.23. The second kappa shape index (κ2) is 14.9. The average molecular weight is 583 g/mol. The van der Waals surface area contributed by atoms with E-state index in [1.807, 2.05) is 6.92 Å². The molecule has 10 heteroatoms. The lowest BCUT2D eigenvalue weighted by Gasteiger charge is -2.18. The zero-order chi connectivity index (χ0) is 30.0. The fourth-order valence-electron chi connectivity index (χ4n) is 4.48. The van der Waals surface area contributed by atoms with E-state index in [1.54, 1.807) is 49.4 Å². The third-order valence-corrected chi connectivity index (χ3v) is 8.13. The maximum atomic E-state index is 13.0. The van der Waals surface area contributed by atoms with Gasteiger partial charge in [0.1, 0.15) is 17.4 Å². The highest BCUT2D eigenvalue weighted by Gasteiger charge is 2.33. The van der Waals surface area contributed by atoms with Crippen LogP contribution in [0.15, 0.2) is 62.8 Å². The van der Waals surface area contributed by atoms with E-state index in [9.17, 15) is 18.0 Å². The molecule has 2 N–H and O–H groups in total. The molecule has 0 aliphatic carbocycles. The van der Waals surface area contributed by atoms with Gasteiger partial charge in [-0.2, -0.15) is 0 Å².